The Morgan fingerprint density at radius 3 is 3.12 bits per heavy atom. The number of hydrogen-bond acceptors (Lipinski definition) is 4. The Morgan fingerprint density at radius 1 is 1.59 bits per heavy atom. The summed E-state index contributed by atoms with van der Waals surface area (Å²) in [6, 6.07) is 1.53. The van der Waals surface area contributed by atoms with Crippen LogP contribution in [0, 0.1) is 5.92 Å². The zero-order chi connectivity index (χ0) is 12.0. The summed E-state index contributed by atoms with van der Waals surface area (Å²) in [6.07, 6.45) is 2.54. The molecule has 3 N–H and O–H groups in total. The molecule has 1 aromatic rings. The third kappa shape index (κ3) is 1.71. The number of carbonyl (C=O) groups excluding carboxylic acids is 1. The summed E-state index contributed by atoms with van der Waals surface area (Å²) >= 11 is 3.18. The fraction of sp³-hybridized carbons (Fsp3) is 0.545. The van der Waals surface area contributed by atoms with E-state index in [1.165, 1.54) is 6.26 Å². The van der Waals surface area contributed by atoms with E-state index in [9.17, 15) is 4.79 Å². The molecule has 1 saturated heterocycles. The van der Waals surface area contributed by atoms with E-state index in [-0.39, 0.29) is 24.1 Å². The molecular weight excluding hydrogens is 288 g/mol. The standard InChI is InChI=1S/C11H13BrN2O3/c12-10-6(2-4-17-10)11(15)14-8-7(13)5-1-3-16-9(5)8/h2,4-5,7-9H,1,3,13H2,(H,14,15). The first kappa shape index (κ1) is 11.3. The van der Waals surface area contributed by atoms with Crippen LogP contribution < -0.4 is 11.1 Å². The lowest BCUT2D eigenvalue weighted by molar-refractivity contribution is -0.0161. The number of nitrogens with two attached hydrogens (primary N) is 1. The number of carbonyl (C=O) groups is 1. The van der Waals surface area contributed by atoms with Gasteiger partial charge in [0.15, 0.2) is 4.67 Å². The van der Waals surface area contributed by atoms with Gasteiger partial charge in [-0.25, -0.2) is 0 Å². The van der Waals surface area contributed by atoms with Crippen molar-refractivity contribution in [1.29, 1.82) is 0 Å². The first-order chi connectivity index (χ1) is 8.18. The SMILES string of the molecule is NC1C2CCOC2C1NC(=O)c1ccoc1Br. The van der Waals surface area contributed by atoms with Gasteiger partial charge in [0.25, 0.3) is 5.91 Å². The third-order valence-corrected chi connectivity index (χ3v) is 4.22. The number of hydrogen-bond donors (Lipinski definition) is 2. The molecule has 92 valence electrons. The number of amides is 1. The van der Waals surface area contributed by atoms with Crippen molar-refractivity contribution in [1.82, 2.24) is 5.32 Å². The maximum atomic E-state index is 12.0. The van der Waals surface area contributed by atoms with Crippen molar-refractivity contribution in [2.24, 2.45) is 11.7 Å². The van der Waals surface area contributed by atoms with E-state index in [1.54, 1.807) is 6.07 Å². The summed E-state index contributed by atoms with van der Waals surface area (Å²) < 4.78 is 11.0. The number of furan rings is 1. The molecule has 0 aromatic carbocycles. The average molecular weight is 301 g/mol. The Balaban J connectivity index is 1.68. The molecular formula is C11H13BrN2O3. The van der Waals surface area contributed by atoms with Crippen LogP contribution in [0.25, 0.3) is 0 Å². The number of fused-ring (bicyclic) bond motifs is 1. The predicted octanol–water partition coefficient (Wildman–Crippen LogP) is 0.886. The smallest absolute Gasteiger partial charge is 0.256 e. The van der Waals surface area contributed by atoms with Crippen LogP contribution in [0.15, 0.2) is 21.4 Å². The summed E-state index contributed by atoms with van der Waals surface area (Å²) in [5.41, 5.74) is 6.50. The highest BCUT2D eigenvalue weighted by Gasteiger charge is 2.52. The van der Waals surface area contributed by atoms with Crippen molar-refractivity contribution in [3.05, 3.63) is 22.6 Å². The molecule has 0 radical (unpaired) electrons. The fourth-order valence-corrected chi connectivity index (χ4v) is 3.03. The van der Waals surface area contributed by atoms with Crippen LogP contribution in [0.1, 0.15) is 16.8 Å². The molecule has 1 saturated carbocycles. The van der Waals surface area contributed by atoms with Gasteiger partial charge >= 0.3 is 0 Å². The van der Waals surface area contributed by atoms with Gasteiger partial charge in [-0.2, -0.15) is 0 Å². The van der Waals surface area contributed by atoms with Crippen molar-refractivity contribution in [2.75, 3.05) is 6.61 Å². The molecule has 4 atom stereocenters. The molecule has 1 aromatic heterocycles. The Hall–Kier alpha value is -0.850. The second kappa shape index (κ2) is 4.12. The van der Waals surface area contributed by atoms with Crippen molar-refractivity contribution in [3.8, 4) is 0 Å². The summed E-state index contributed by atoms with van der Waals surface area (Å²) in [6.45, 7) is 0.741. The largest absolute Gasteiger partial charge is 0.457 e. The number of halogens is 1. The van der Waals surface area contributed by atoms with Gasteiger partial charge in [0.05, 0.1) is 24.0 Å². The van der Waals surface area contributed by atoms with Gasteiger partial charge < -0.3 is 20.2 Å². The summed E-state index contributed by atoms with van der Waals surface area (Å²) in [4.78, 5) is 12.0. The maximum absolute atomic E-state index is 12.0. The number of nitrogens with one attached hydrogen (secondary N) is 1. The van der Waals surface area contributed by atoms with E-state index in [0.29, 0.717) is 16.2 Å². The summed E-state index contributed by atoms with van der Waals surface area (Å²) in [5.74, 6) is 0.216. The van der Waals surface area contributed by atoms with Crippen molar-refractivity contribution >= 4 is 21.8 Å². The molecule has 4 unspecified atom stereocenters. The van der Waals surface area contributed by atoms with Crippen LogP contribution in [-0.2, 0) is 4.74 Å². The van der Waals surface area contributed by atoms with Crippen LogP contribution in [0.3, 0.4) is 0 Å². The molecule has 6 heteroatoms. The van der Waals surface area contributed by atoms with Crippen molar-refractivity contribution < 1.29 is 13.9 Å². The molecule has 0 bridgehead atoms. The molecule has 1 amide bonds. The zero-order valence-corrected chi connectivity index (χ0v) is 10.6. The average Bonchev–Trinajstić information content (AvgIpc) is 2.91. The van der Waals surface area contributed by atoms with Crippen molar-refractivity contribution in [2.45, 2.75) is 24.6 Å². The van der Waals surface area contributed by atoms with Crippen LogP contribution in [-0.4, -0.2) is 30.7 Å². The lowest BCUT2D eigenvalue weighted by Crippen LogP contribution is -2.68. The topological polar surface area (TPSA) is 77.5 Å². The van der Waals surface area contributed by atoms with Crippen LogP contribution in [0.2, 0.25) is 0 Å². The Labute approximate surface area is 107 Å². The van der Waals surface area contributed by atoms with Gasteiger partial charge in [0.1, 0.15) is 0 Å². The monoisotopic (exact) mass is 300 g/mol. The minimum Gasteiger partial charge on any atom is -0.457 e. The molecule has 1 aliphatic carbocycles. The van der Waals surface area contributed by atoms with Gasteiger partial charge in [-0.3, -0.25) is 4.79 Å². The van der Waals surface area contributed by atoms with E-state index < -0.39 is 0 Å². The van der Waals surface area contributed by atoms with Gasteiger partial charge in [-0.1, -0.05) is 0 Å². The maximum Gasteiger partial charge on any atom is 0.256 e. The molecule has 2 heterocycles. The Kier molecular flexibility index (Phi) is 2.72. The molecule has 3 rings (SSSR count). The normalized spacial score (nSPS) is 35.2. The van der Waals surface area contributed by atoms with E-state index in [2.05, 4.69) is 21.2 Å². The van der Waals surface area contributed by atoms with Gasteiger partial charge in [0.2, 0.25) is 0 Å². The lowest BCUT2D eigenvalue weighted by Gasteiger charge is -2.45. The molecule has 1 aliphatic heterocycles. The number of ether oxygens (including phenoxy) is 1. The minimum atomic E-state index is -0.181. The van der Waals surface area contributed by atoms with E-state index in [0.717, 1.165) is 13.0 Å². The second-order valence-corrected chi connectivity index (χ2v) is 5.19. The highest BCUT2D eigenvalue weighted by Crippen LogP contribution is 2.37. The van der Waals surface area contributed by atoms with Crippen molar-refractivity contribution in [3.63, 3.8) is 0 Å². The van der Waals surface area contributed by atoms with E-state index >= 15 is 0 Å². The molecule has 2 fully saturated rings. The Morgan fingerprint density at radius 2 is 2.41 bits per heavy atom. The molecule has 17 heavy (non-hydrogen) atoms. The lowest BCUT2D eigenvalue weighted by atomic mass is 9.72. The van der Waals surface area contributed by atoms with Gasteiger partial charge in [0, 0.05) is 18.6 Å². The van der Waals surface area contributed by atoms with Crippen LogP contribution in [0.4, 0.5) is 0 Å². The molecule has 5 nitrogen and oxygen atoms in total. The molecule has 2 aliphatic rings. The highest BCUT2D eigenvalue weighted by molar-refractivity contribution is 9.10. The predicted molar refractivity (Wildman–Crippen MR) is 63.5 cm³/mol. The third-order valence-electron chi connectivity index (χ3n) is 3.61. The minimum absolute atomic E-state index is 0.00266. The highest BCUT2D eigenvalue weighted by atomic mass is 79.9. The fourth-order valence-electron chi connectivity index (χ4n) is 2.61. The first-order valence-electron chi connectivity index (χ1n) is 5.59. The van der Waals surface area contributed by atoms with E-state index in [1.807, 2.05) is 0 Å². The number of rotatable bonds is 2. The quantitative estimate of drug-likeness (QED) is 0.850. The first-order valence-corrected chi connectivity index (χ1v) is 6.39. The van der Waals surface area contributed by atoms with Crippen LogP contribution in [0.5, 0.6) is 0 Å². The van der Waals surface area contributed by atoms with Gasteiger partial charge in [-0.05, 0) is 28.4 Å². The Bertz CT molecular complexity index is 448. The van der Waals surface area contributed by atoms with Crippen LogP contribution >= 0.6 is 15.9 Å². The summed E-state index contributed by atoms with van der Waals surface area (Å²) in [7, 11) is 0. The second-order valence-electron chi connectivity index (χ2n) is 4.47. The summed E-state index contributed by atoms with van der Waals surface area (Å²) in [5, 5.41) is 2.90. The molecule has 0 spiro atoms. The van der Waals surface area contributed by atoms with Gasteiger partial charge in [-0.15, -0.1) is 0 Å². The van der Waals surface area contributed by atoms with E-state index in [4.69, 9.17) is 14.9 Å². The zero-order valence-electron chi connectivity index (χ0n) is 9.06.